The van der Waals surface area contributed by atoms with Crippen molar-refractivity contribution in [3.63, 3.8) is 0 Å². The van der Waals surface area contributed by atoms with E-state index in [1.54, 1.807) is 0 Å². The third kappa shape index (κ3) is 30.0. The summed E-state index contributed by atoms with van der Waals surface area (Å²) in [5, 5.41) is 0. The molecule has 0 amide bonds. The van der Waals surface area contributed by atoms with Crippen molar-refractivity contribution in [1.29, 1.82) is 0 Å². The molecule has 0 heterocycles. The van der Waals surface area contributed by atoms with Crippen molar-refractivity contribution in [2.24, 2.45) is 0 Å². The molecule has 24 valence electrons. The van der Waals surface area contributed by atoms with E-state index in [0.717, 1.165) is 0 Å². The molecule has 0 aromatic carbocycles. The molecule has 0 atom stereocenters. The van der Waals surface area contributed by atoms with Crippen LogP contribution in [0.4, 0.5) is 0 Å². The molecule has 6 heteroatoms. The van der Waals surface area contributed by atoms with Crippen molar-refractivity contribution < 1.29 is 80.9 Å². The Morgan fingerprint density at radius 1 is 1.17 bits per heavy atom. The minimum Gasteiger partial charge on any atom is -0.373 e. The second kappa shape index (κ2) is 25.3. The van der Waals surface area contributed by atoms with E-state index in [9.17, 15) is 0 Å². The molecule has 0 fully saturated rings. The van der Waals surface area contributed by atoms with Crippen LogP contribution in [0.15, 0.2) is 0 Å². The Kier molecular flexibility index (Phi) is 98.6. The molecule has 0 aliphatic carbocycles. The molecule has 0 aliphatic rings. The van der Waals surface area contributed by atoms with Gasteiger partial charge in [0.2, 0.25) is 0 Å². The monoisotopic (exact) mass is 232 g/mol. The molecule has 0 aromatic heterocycles. The number of hydrogen-bond donors (Lipinski definition) is 0. The number of halogens is 1. The van der Waals surface area contributed by atoms with Gasteiger partial charge in [0, 0.05) is 0 Å². The van der Waals surface area contributed by atoms with Gasteiger partial charge < -0.3 is 11.1 Å². The summed E-state index contributed by atoms with van der Waals surface area (Å²) < 4.78 is 0. The van der Waals surface area contributed by atoms with Crippen LogP contribution in [0.5, 0.6) is 0 Å². The second-order valence-corrected chi connectivity index (χ2v) is 0.0894. The SMILES string of the molecule is I.[K+].[N-]=[N+]=[N-].[Na+]. The largest absolute Gasteiger partial charge is 1.00 e. The Morgan fingerprint density at radius 2 is 1.17 bits per heavy atom. The summed E-state index contributed by atoms with van der Waals surface area (Å²) in [7, 11) is 0. The molecule has 3 nitrogen and oxygen atoms in total. The standard InChI is InChI=1S/HI.K.N3.Na/c;;1-3-2;/h1H;;;/q;+1;-1;+1. The molecule has 0 rings (SSSR count). The van der Waals surface area contributed by atoms with Gasteiger partial charge in [0.15, 0.2) is 0 Å². The average molecular weight is 232 g/mol. The maximum Gasteiger partial charge on any atom is 1.00 e. The first-order valence-electron chi connectivity index (χ1n) is 0.400. The number of rotatable bonds is 0. The van der Waals surface area contributed by atoms with Crippen LogP contribution < -0.4 is 80.9 Å². The molecule has 0 unspecified atom stereocenters. The smallest absolute Gasteiger partial charge is 0.373 e. The molecule has 0 spiro atoms. The molecule has 6 heavy (non-hydrogen) atoms. The maximum absolute atomic E-state index is 6.75. The van der Waals surface area contributed by atoms with Gasteiger partial charge in [0.05, 0.1) is 0 Å². The summed E-state index contributed by atoms with van der Waals surface area (Å²) in [6.07, 6.45) is 0. The fraction of sp³-hybridized carbons (Fsp3) is 0. The molecular formula is HIKN3Na+. The first-order chi connectivity index (χ1) is 1.41. The fourth-order valence-electron chi connectivity index (χ4n) is 0. The summed E-state index contributed by atoms with van der Waals surface area (Å²) >= 11 is 0. The average Bonchev–Trinajstić information content (AvgIpc) is 0.918. The van der Waals surface area contributed by atoms with Crippen LogP contribution >= 0.6 is 24.0 Å². The van der Waals surface area contributed by atoms with E-state index in [0.29, 0.717) is 0 Å². The van der Waals surface area contributed by atoms with Gasteiger partial charge in [-0.05, 0) is 0 Å². The van der Waals surface area contributed by atoms with Crippen molar-refractivity contribution in [3.05, 3.63) is 16.0 Å². The van der Waals surface area contributed by atoms with Gasteiger partial charge in [-0.25, -0.2) is 0 Å². The summed E-state index contributed by atoms with van der Waals surface area (Å²) in [6, 6.07) is 0. The fourth-order valence-corrected chi connectivity index (χ4v) is 0. The number of nitrogens with zero attached hydrogens (tertiary/aromatic N) is 3. The Labute approximate surface area is 118 Å². The van der Waals surface area contributed by atoms with Crippen molar-refractivity contribution in [2.45, 2.75) is 0 Å². The zero-order valence-electron chi connectivity index (χ0n) is 3.75. The first kappa shape index (κ1) is 23.4. The summed E-state index contributed by atoms with van der Waals surface area (Å²) in [5.41, 5.74) is 13.5. The predicted octanol–water partition coefficient (Wildman–Crippen LogP) is -4.51. The van der Waals surface area contributed by atoms with Crippen molar-refractivity contribution in [1.82, 2.24) is 0 Å². The summed E-state index contributed by atoms with van der Waals surface area (Å²) in [4.78, 5) is 1.50. The summed E-state index contributed by atoms with van der Waals surface area (Å²) in [5.74, 6) is 0. The van der Waals surface area contributed by atoms with Crippen LogP contribution in [-0.2, 0) is 0 Å². The molecule has 0 radical (unpaired) electrons. The molecular weight excluding hydrogens is 231 g/mol. The van der Waals surface area contributed by atoms with Crippen molar-refractivity contribution in [3.8, 4) is 0 Å². The quantitative estimate of drug-likeness (QED) is 0.133. The van der Waals surface area contributed by atoms with E-state index >= 15 is 0 Å². The Balaban J connectivity index is -0.00000000667. The van der Waals surface area contributed by atoms with E-state index in [-0.39, 0.29) is 105 Å². The van der Waals surface area contributed by atoms with Crippen molar-refractivity contribution >= 4 is 24.0 Å². The van der Waals surface area contributed by atoms with E-state index in [1.165, 1.54) is 4.91 Å². The molecule has 0 bridgehead atoms. The summed E-state index contributed by atoms with van der Waals surface area (Å²) in [6.45, 7) is 0. The van der Waals surface area contributed by atoms with Crippen LogP contribution in [0.2, 0.25) is 0 Å². The topological polar surface area (TPSA) is 58.7 Å². The van der Waals surface area contributed by atoms with Gasteiger partial charge in [-0.2, -0.15) is 0 Å². The second-order valence-electron chi connectivity index (χ2n) is 0.0894. The Bertz CT molecular complexity index is 31.8. The van der Waals surface area contributed by atoms with Crippen LogP contribution in [-0.4, -0.2) is 0 Å². The van der Waals surface area contributed by atoms with Gasteiger partial charge in [0.1, 0.15) is 0 Å². The zero-order valence-corrected chi connectivity index (χ0v) is 11.2. The van der Waals surface area contributed by atoms with Gasteiger partial charge in [-0.3, -0.25) is 4.91 Å². The Hall–Kier alpha value is 2.68. The first-order valence-corrected chi connectivity index (χ1v) is 0.400. The third-order valence-electron chi connectivity index (χ3n) is 0. The predicted molar refractivity (Wildman–Crippen MR) is 25.5 cm³/mol. The number of hydrogen-bond acceptors (Lipinski definition) is 0. The van der Waals surface area contributed by atoms with E-state index < -0.39 is 0 Å². The van der Waals surface area contributed by atoms with E-state index in [1.807, 2.05) is 0 Å². The van der Waals surface area contributed by atoms with Crippen LogP contribution in [0.1, 0.15) is 0 Å². The van der Waals surface area contributed by atoms with Gasteiger partial charge in [0.25, 0.3) is 0 Å². The minimum atomic E-state index is 0. The molecule has 0 saturated carbocycles. The molecule has 0 saturated heterocycles. The van der Waals surface area contributed by atoms with Crippen LogP contribution in [0.3, 0.4) is 0 Å². The maximum atomic E-state index is 6.75. The molecule has 0 aromatic rings. The molecule has 0 aliphatic heterocycles. The van der Waals surface area contributed by atoms with E-state index in [2.05, 4.69) is 0 Å². The van der Waals surface area contributed by atoms with Crippen LogP contribution in [0.25, 0.3) is 16.0 Å². The van der Waals surface area contributed by atoms with E-state index in [4.69, 9.17) is 11.1 Å². The normalized spacial score (nSPS) is 1.33. The minimum absolute atomic E-state index is 0. The Morgan fingerprint density at radius 3 is 1.17 bits per heavy atom. The molecule has 0 N–H and O–H groups in total. The van der Waals surface area contributed by atoms with Crippen LogP contribution in [0, 0.1) is 0 Å². The van der Waals surface area contributed by atoms with Gasteiger partial charge in [-0.1, -0.05) is 0 Å². The third-order valence-corrected chi connectivity index (χ3v) is 0. The zero-order chi connectivity index (χ0) is 2.71. The van der Waals surface area contributed by atoms with Gasteiger partial charge in [-0.15, -0.1) is 24.0 Å². The van der Waals surface area contributed by atoms with Gasteiger partial charge >= 0.3 is 80.9 Å². The van der Waals surface area contributed by atoms with Crippen molar-refractivity contribution in [2.75, 3.05) is 0 Å².